The molecule has 0 fully saturated rings. The molecule has 0 bridgehead atoms. The van der Waals surface area contributed by atoms with Crippen LogP contribution < -0.4 is 0 Å². The minimum Gasteiger partial charge on any atom is -0.469 e. The number of nitrogens with one attached hydrogen (secondary N) is 1. The van der Waals surface area contributed by atoms with E-state index in [1.54, 1.807) is 26.8 Å². The monoisotopic (exact) mass is 402 g/mol. The maximum atomic E-state index is 12.6. The van der Waals surface area contributed by atoms with Gasteiger partial charge in [0.1, 0.15) is 5.69 Å². The van der Waals surface area contributed by atoms with Crippen molar-refractivity contribution in [3.05, 3.63) is 45.5 Å². The van der Waals surface area contributed by atoms with Crippen molar-refractivity contribution in [2.75, 3.05) is 13.7 Å². The summed E-state index contributed by atoms with van der Waals surface area (Å²) >= 11 is 0. The van der Waals surface area contributed by atoms with Crippen LogP contribution in [-0.2, 0) is 20.8 Å². The number of hydrogen-bond acceptors (Lipinski definition) is 6. The smallest absolute Gasteiger partial charge is 0.355 e. The zero-order chi connectivity index (χ0) is 21.9. The molecular weight excluding hydrogens is 376 g/mol. The second kappa shape index (κ2) is 8.89. The number of aromatic nitrogens is 2. The topological polar surface area (TPSA) is 107 Å². The first-order valence-electron chi connectivity index (χ1n) is 9.22. The van der Waals surface area contributed by atoms with E-state index in [1.165, 1.54) is 14.0 Å². The first-order valence-corrected chi connectivity index (χ1v) is 9.22. The molecule has 2 aromatic heterocycles. The van der Waals surface area contributed by atoms with Gasteiger partial charge < -0.3 is 19.0 Å². The molecule has 2 rings (SSSR count). The van der Waals surface area contributed by atoms with E-state index in [0.717, 1.165) is 5.69 Å². The fourth-order valence-electron chi connectivity index (χ4n) is 3.50. The highest BCUT2D eigenvalue weighted by molar-refractivity contribution is 6.03. The van der Waals surface area contributed by atoms with Gasteiger partial charge >= 0.3 is 11.9 Å². The zero-order valence-corrected chi connectivity index (χ0v) is 17.6. The predicted octanol–water partition coefficient (Wildman–Crippen LogP) is 2.86. The molecule has 156 valence electrons. The molecule has 0 aliphatic heterocycles. The Balaban J connectivity index is 2.10. The molecule has 0 radical (unpaired) electrons. The summed E-state index contributed by atoms with van der Waals surface area (Å²) in [5.41, 5.74) is 3.67. The first-order chi connectivity index (χ1) is 13.6. The van der Waals surface area contributed by atoms with E-state index in [4.69, 9.17) is 4.74 Å². The highest BCUT2D eigenvalue weighted by atomic mass is 16.5. The van der Waals surface area contributed by atoms with Crippen LogP contribution in [0, 0.1) is 27.7 Å². The number of H-pyrrole nitrogens is 1. The number of carbonyl (C=O) groups excluding carboxylic acids is 4. The first kappa shape index (κ1) is 22.1. The van der Waals surface area contributed by atoms with Crippen molar-refractivity contribution in [1.82, 2.24) is 9.55 Å². The van der Waals surface area contributed by atoms with Crippen LogP contribution in [-0.4, -0.2) is 46.8 Å². The Labute approximate surface area is 169 Å². The van der Waals surface area contributed by atoms with Crippen molar-refractivity contribution in [2.45, 2.75) is 47.6 Å². The number of rotatable bonds is 8. The number of Topliss-reactive ketones (excluding diaryl/α,β-unsaturated/α-hetero) is 2. The molecule has 0 amide bonds. The van der Waals surface area contributed by atoms with E-state index >= 15 is 0 Å². The van der Waals surface area contributed by atoms with E-state index in [-0.39, 0.29) is 29.7 Å². The lowest BCUT2D eigenvalue weighted by atomic mass is 10.1. The molecule has 0 aliphatic rings. The van der Waals surface area contributed by atoms with Gasteiger partial charge in [-0.1, -0.05) is 0 Å². The van der Waals surface area contributed by atoms with Gasteiger partial charge in [-0.3, -0.25) is 14.4 Å². The van der Waals surface area contributed by atoms with E-state index in [9.17, 15) is 19.2 Å². The SMILES string of the molecule is COC(=O)CCn1c(C)cc(C(=O)COC(=O)c2[nH]c(C)c(C(C)=O)c2C)c1C. The molecule has 0 spiro atoms. The highest BCUT2D eigenvalue weighted by Gasteiger charge is 2.23. The van der Waals surface area contributed by atoms with Gasteiger partial charge in [-0.2, -0.15) is 0 Å². The number of aromatic amines is 1. The van der Waals surface area contributed by atoms with Gasteiger partial charge in [-0.15, -0.1) is 0 Å². The number of aryl methyl sites for hydroxylation is 2. The summed E-state index contributed by atoms with van der Waals surface area (Å²) in [5.74, 6) is -1.51. The third kappa shape index (κ3) is 4.64. The maximum absolute atomic E-state index is 12.6. The van der Waals surface area contributed by atoms with Crippen molar-refractivity contribution < 1.29 is 28.7 Å². The fraction of sp³-hybridized carbons (Fsp3) is 0.429. The molecule has 0 aromatic carbocycles. The van der Waals surface area contributed by atoms with Gasteiger partial charge in [0, 0.05) is 34.8 Å². The molecular formula is C21H26N2O6. The van der Waals surface area contributed by atoms with Crippen LogP contribution in [0.4, 0.5) is 0 Å². The van der Waals surface area contributed by atoms with Gasteiger partial charge in [-0.25, -0.2) is 4.79 Å². The molecule has 0 unspecified atom stereocenters. The van der Waals surface area contributed by atoms with E-state index in [2.05, 4.69) is 9.72 Å². The zero-order valence-electron chi connectivity index (χ0n) is 17.6. The molecule has 0 saturated heterocycles. The molecule has 29 heavy (non-hydrogen) atoms. The van der Waals surface area contributed by atoms with Crippen LogP contribution in [0.2, 0.25) is 0 Å². The average molecular weight is 402 g/mol. The Morgan fingerprint density at radius 1 is 1.10 bits per heavy atom. The number of nitrogens with zero attached hydrogens (tertiary/aromatic N) is 1. The Kier molecular flexibility index (Phi) is 6.79. The third-order valence-corrected chi connectivity index (χ3v) is 4.97. The molecule has 8 heteroatoms. The molecule has 1 N–H and O–H groups in total. The Bertz CT molecular complexity index is 980. The largest absolute Gasteiger partial charge is 0.469 e. The second-order valence-electron chi connectivity index (χ2n) is 6.94. The van der Waals surface area contributed by atoms with Gasteiger partial charge in [0.15, 0.2) is 12.4 Å². The number of methoxy groups -OCH3 is 1. The molecule has 0 saturated carbocycles. The average Bonchev–Trinajstić information content (AvgIpc) is 3.12. The standard InChI is InChI=1S/C21H26N2O6/c1-11-9-16(14(4)23(11)8-7-18(26)28-6)17(25)10-29-21(27)20-12(2)19(15(5)24)13(3)22-20/h9,22H,7-8,10H2,1-6H3. The summed E-state index contributed by atoms with van der Waals surface area (Å²) in [6.07, 6.45) is 0.194. The Morgan fingerprint density at radius 2 is 1.76 bits per heavy atom. The van der Waals surface area contributed by atoms with Gasteiger partial charge in [0.25, 0.3) is 0 Å². The van der Waals surface area contributed by atoms with Gasteiger partial charge in [0.05, 0.1) is 13.5 Å². The number of carbonyl (C=O) groups is 4. The number of ketones is 2. The second-order valence-corrected chi connectivity index (χ2v) is 6.94. The molecule has 0 atom stereocenters. The fourth-order valence-corrected chi connectivity index (χ4v) is 3.50. The summed E-state index contributed by atoms with van der Waals surface area (Å²) in [6, 6.07) is 1.71. The third-order valence-electron chi connectivity index (χ3n) is 4.97. The minimum atomic E-state index is -0.689. The number of ether oxygens (including phenoxy) is 2. The lowest BCUT2D eigenvalue weighted by Gasteiger charge is -2.09. The van der Waals surface area contributed by atoms with E-state index in [1.807, 2.05) is 11.5 Å². The van der Waals surface area contributed by atoms with Crippen molar-refractivity contribution in [2.24, 2.45) is 0 Å². The van der Waals surface area contributed by atoms with E-state index < -0.39 is 12.6 Å². The summed E-state index contributed by atoms with van der Waals surface area (Å²) in [5, 5.41) is 0. The van der Waals surface area contributed by atoms with Crippen LogP contribution >= 0.6 is 0 Å². The Morgan fingerprint density at radius 3 is 2.31 bits per heavy atom. The number of esters is 2. The predicted molar refractivity (Wildman–Crippen MR) is 105 cm³/mol. The van der Waals surface area contributed by atoms with Crippen LogP contribution in [0.5, 0.6) is 0 Å². The van der Waals surface area contributed by atoms with Gasteiger partial charge in [-0.05, 0) is 46.2 Å². The van der Waals surface area contributed by atoms with Gasteiger partial charge in [0.2, 0.25) is 5.78 Å². The Hall–Kier alpha value is -3.16. The number of hydrogen-bond donors (Lipinski definition) is 1. The quantitative estimate of drug-likeness (QED) is 0.537. The molecule has 2 aromatic rings. The summed E-state index contributed by atoms with van der Waals surface area (Å²) < 4.78 is 11.7. The molecule has 2 heterocycles. The van der Waals surface area contributed by atoms with Crippen LogP contribution in [0.3, 0.4) is 0 Å². The lowest BCUT2D eigenvalue weighted by Crippen LogP contribution is -2.16. The minimum absolute atomic E-state index is 0.147. The van der Waals surface area contributed by atoms with Crippen molar-refractivity contribution >= 4 is 23.5 Å². The molecule has 0 aliphatic carbocycles. The van der Waals surface area contributed by atoms with E-state index in [0.29, 0.717) is 34.6 Å². The summed E-state index contributed by atoms with van der Waals surface area (Å²) in [7, 11) is 1.33. The molecule has 8 nitrogen and oxygen atoms in total. The lowest BCUT2D eigenvalue weighted by molar-refractivity contribution is -0.140. The van der Waals surface area contributed by atoms with Crippen LogP contribution in [0.25, 0.3) is 0 Å². The summed E-state index contributed by atoms with van der Waals surface area (Å²) in [6.45, 7) is 8.37. The normalized spacial score (nSPS) is 10.7. The summed E-state index contributed by atoms with van der Waals surface area (Å²) in [4.78, 5) is 50.9. The van der Waals surface area contributed by atoms with Crippen LogP contribution in [0.15, 0.2) is 6.07 Å². The van der Waals surface area contributed by atoms with Crippen LogP contribution in [0.1, 0.15) is 67.2 Å². The van der Waals surface area contributed by atoms with Crippen molar-refractivity contribution in [3.8, 4) is 0 Å². The van der Waals surface area contributed by atoms with Crippen molar-refractivity contribution in [1.29, 1.82) is 0 Å². The highest BCUT2D eigenvalue weighted by Crippen LogP contribution is 2.20. The maximum Gasteiger partial charge on any atom is 0.355 e. The van der Waals surface area contributed by atoms with Crippen molar-refractivity contribution in [3.63, 3.8) is 0 Å².